The number of pyridine rings is 1. The smallest absolute Gasteiger partial charge is 0.418 e. The quantitative estimate of drug-likeness (QED) is 0.283. The molecule has 2 aromatic heterocycles. The number of fused-ring (bicyclic) bond motifs is 1. The van der Waals surface area contributed by atoms with Crippen molar-refractivity contribution in [3.05, 3.63) is 81.1 Å². The van der Waals surface area contributed by atoms with E-state index >= 15 is 0 Å². The minimum atomic E-state index is -4.73. The summed E-state index contributed by atoms with van der Waals surface area (Å²) >= 11 is 12.9. The van der Waals surface area contributed by atoms with Gasteiger partial charge in [0.25, 0.3) is 5.91 Å². The zero-order chi connectivity index (χ0) is 24.5. The maximum Gasteiger partial charge on any atom is 0.418 e. The molecule has 0 radical (unpaired) electrons. The van der Waals surface area contributed by atoms with E-state index in [1.165, 1.54) is 23.5 Å². The lowest BCUT2D eigenvalue weighted by Gasteiger charge is -2.14. The van der Waals surface area contributed by atoms with Crippen molar-refractivity contribution in [1.82, 2.24) is 4.98 Å². The standard InChI is InChI=1S/C23H13Cl2F3N2O3S/c24-12-5-6-17(15(9-12)23(26,27)28)30-21(31)11-33-22(32)14-10-18(19-7-8-20(25)34-19)29-16-4-2-1-3-13(14)16/h1-10H,11H2,(H,30,31). The van der Waals surface area contributed by atoms with Crippen LogP contribution in [-0.4, -0.2) is 23.5 Å². The molecule has 0 saturated heterocycles. The van der Waals surface area contributed by atoms with E-state index < -0.39 is 35.9 Å². The number of hydrogen-bond donors (Lipinski definition) is 1. The Bertz CT molecular complexity index is 1410. The Balaban J connectivity index is 1.55. The second kappa shape index (κ2) is 9.61. The van der Waals surface area contributed by atoms with E-state index in [0.717, 1.165) is 10.9 Å². The van der Waals surface area contributed by atoms with Gasteiger partial charge in [0, 0.05) is 10.4 Å². The lowest BCUT2D eigenvalue weighted by Crippen LogP contribution is -2.23. The van der Waals surface area contributed by atoms with Crippen LogP contribution in [0.25, 0.3) is 21.5 Å². The SMILES string of the molecule is O=C(COC(=O)c1cc(-c2ccc(Cl)s2)nc2ccccc12)Nc1ccc(Cl)cc1C(F)(F)F. The predicted octanol–water partition coefficient (Wildman–Crippen LogP) is 7.08. The van der Waals surface area contributed by atoms with E-state index in [1.807, 2.05) is 0 Å². The summed E-state index contributed by atoms with van der Waals surface area (Å²) in [6, 6.07) is 14.8. The van der Waals surface area contributed by atoms with Crippen LogP contribution in [0.3, 0.4) is 0 Å². The third-order valence-corrected chi connectivity index (χ3v) is 6.15. The van der Waals surface area contributed by atoms with Gasteiger partial charge < -0.3 is 10.1 Å². The molecule has 4 aromatic rings. The first-order valence-electron chi connectivity index (χ1n) is 9.61. The van der Waals surface area contributed by atoms with Crippen molar-refractivity contribution in [2.75, 3.05) is 11.9 Å². The Kier molecular flexibility index (Phi) is 6.79. The number of benzene rings is 2. The predicted molar refractivity (Wildman–Crippen MR) is 125 cm³/mol. The largest absolute Gasteiger partial charge is 0.452 e. The van der Waals surface area contributed by atoms with Gasteiger partial charge in [-0.25, -0.2) is 9.78 Å². The fourth-order valence-electron chi connectivity index (χ4n) is 3.18. The highest BCUT2D eigenvalue weighted by Gasteiger charge is 2.34. The molecule has 4 rings (SSSR count). The number of thiophene rings is 1. The van der Waals surface area contributed by atoms with Crippen molar-refractivity contribution in [2.45, 2.75) is 6.18 Å². The Hall–Kier alpha value is -3.14. The van der Waals surface area contributed by atoms with Gasteiger partial charge in [-0.15, -0.1) is 11.3 Å². The van der Waals surface area contributed by atoms with E-state index in [2.05, 4.69) is 10.3 Å². The highest BCUT2D eigenvalue weighted by molar-refractivity contribution is 7.19. The number of carbonyl (C=O) groups excluding carboxylic acids is 2. The first-order valence-corrected chi connectivity index (χ1v) is 11.2. The minimum absolute atomic E-state index is 0.135. The van der Waals surface area contributed by atoms with E-state index in [-0.39, 0.29) is 10.6 Å². The molecule has 1 N–H and O–H groups in total. The number of hydrogen-bond acceptors (Lipinski definition) is 5. The lowest BCUT2D eigenvalue weighted by molar-refractivity contribution is -0.137. The molecule has 0 unspecified atom stereocenters. The molecule has 0 fully saturated rings. The maximum atomic E-state index is 13.2. The van der Waals surface area contributed by atoms with E-state index in [1.54, 1.807) is 36.4 Å². The van der Waals surface area contributed by atoms with Crippen molar-refractivity contribution in [1.29, 1.82) is 0 Å². The van der Waals surface area contributed by atoms with Crippen molar-refractivity contribution >= 4 is 63.0 Å². The molecule has 11 heteroatoms. The summed E-state index contributed by atoms with van der Waals surface area (Å²) < 4.78 is 45.4. The van der Waals surface area contributed by atoms with Crippen LogP contribution in [0.5, 0.6) is 0 Å². The summed E-state index contributed by atoms with van der Waals surface area (Å²) in [7, 11) is 0. The number of nitrogens with one attached hydrogen (secondary N) is 1. The van der Waals surface area contributed by atoms with Gasteiger partial charge in [0.05, 0.1) is 37.2 Å². The molecule has 5 nitrogen and oxygen atoms in total. The molecule has 1 amide bonds. The number of esters is 1. The van der Waals surface area contributed by atoms with Crippen LogP contribution >= 0.6 is 34.5 Å². The average Bonchev–Trinajstić information content (AvgIpc) is 3.23. The van der Waals surface area contributed by atoms with E-state index in [4.69, 9.17) is 27.9 Å². The summed E-state index contributed by atoms with van der Waals surface area (Å²) in [5.74, 6) is -1.77. The van der Waals surface area contributed by atoms with Crippen LogP contribution in [-0.2, 0) is 15.7 Å². The van der Waals surface area contributed by atoms with Crippen LogP contribution in [0.15, 0.2) is 60.7 Å². The topological polar surface area (TPSA) is 68.3 Å². The van der Waals surface area contributed by atoms with Crippen LogP contribution in [0.4, 0.5) is 18.9 Å². The third-order valence-electron chi connectivity index (χ3n) is 4.66. The average molecular weight is 525 g/mol. The third kappa shape index (κ3) is 5.32. The molecule has 34 heavy (non-hydrogen) atoms. The van der Waals surface area contributed by atoms with Crippen LogP contribution in [0.1, 0.15) is 15.9 Å². The molecular weight excluding hydrogens is 512 g/mol. The summed E-state index contributed by atoms with van der Waals surface area (Å²) in [5.41, 5.74) is -0.441. The highest BCUT2D eigenvalue weighted by atomic mass is 35.5. The second-order valence-electron chi connectivity index (χ2n) is 6.99. The Labute approximate surface area is 205 Å². The fourth-order valence-corrected chi connectivity index (χ4v) is 4.35. The first-order chi connectivity index (χ1) is 16.1. The van der Waals surface area contributed by atoms with Gasteiger partial charge in [0.15, 0.2) is 6.61 Å². The van der Waals surface area contributed by atoms with Crippen molar-refractivity contribution < 1.29 is 27.5 Å². The Morgan fingerprint density at radius 1 is 1.03 bits per heavy atom. The molecule has 0 aliphatic heterocycles. The molecule has 0 aliphatic carbocycles. The number of nitrogens with zero attached hydrogens (tertiary/aromatic N) is 1. The van der Waals surface area contributed by atoms with Crippen molar-refractivity contribution in [3.8, 4) is 10.6 Å². The molecule has 0 saturated carbocycles. The maximum absolute atomic E-state index is 13.2. The molecule has 0 aliphatic rings. The number of rotatable bonds is 5. The van der Waals surface area contributed by atoms with Gasteiger partial charge in [0.2, 0.25) is 0 Å². The molecule has 174 valence electrons. The number of aromatic nitrogens is 1. The van der Waals surface area contributed by atoms with Crippen molar-refractivity contribution in [2.24, 2.45) is 0 Å². The van der Waals surface area contributed by atoms with Gasteiger partial charge in [-0.2, -0.15) is 13.2 Å². The Morgan fingerprint density at radius 2 is 1.79 bits per heavy atom. The first kappa shape index (κ1) is 24.0. The molecule has 0 bridgehead atoms. The number of amides is 1. The highest BCUT2D eigenvalue weighted by Crippen LogP contribution is 2.36. The van der Waals surface area contributed by atoms with E-state index in [0.29, 0.717) is 27.0 Å². The molecule has 0 spiro atoms. The molecule has 0 atom stereocenters. The number of halogens is 5. The van der Waals surface area contributed by atoms with Gasteiger partial charge in [0.1, 0.15) is 0 Å². The molecule has 2 heterocycles. The number of carbonyl (C=O) groups is 2. The molecular formula is C23H13Cl2F3N2O3S. The Morgan fingerprint density at radius 3 is 2.50 bits per heavy atom. The second-order valence-corrected chi connectivity index (χ2v) is 9.14. The summed E-state index contributed by atoms with van der Waals surface area (Å²) in [5, 5.41) is 2.47. The zero-order valence-corrected chi connectivity index (χ0v) is 19.3. The summed E-state index contributed by atoms with van der Waals surface area (Å²) in [4.78, 5) is 30.3. The van der Waals surface area contributed by atoms with Gasteiger partial charge in [-0.3, -0.25) is 4.79 Å². The summed E-state index contributed by atoms with van der Waals surface area (Å²) in [6.45, 7) is -0.796. The van der Waals surface area contributed by atoms with Crippen molar-refractivity contribution in [3.63, 3.8) is 0 Å². The van der Waals surface area contributed by atoms with Gasteiger partial charge in [-0.1, -0.05) is 41.4 Å². The number of ether oxygens (including phenoxy) is 1. The van der Waals surface area contributed by atoms with Crippen LogP contribution < -0.4 is 5.32 Å². The van der Waals surface area contributed by atoms with E-state index in [9.17, 15) is 22.8 Å². The fraction of sp³-hybridized carbons (Fsp3) is 0.0870. The molecule has 2 aromatic carbocycles. The minimum Gasteiger partial charge on any atom is -0.452 e. The van der Waals surface area contributed by atoms with Crippen LogP contribution in [0, 0.1) is 0 Å². The number of para-hydroxylation sites is 1. The van der Waals surface area contributed by atoms with Gasteiger partial charge >= 0.3 is 12.1 Å². The number of alkyl halides is 3. The zero-order valence-electron chi connectivity index (χ0n) is 17.0. The summed E-state index contributed by atoms with van der Waals surface area (Å²) in [6.07, 6.45) is -4.73. The lowest BCUT2D eigenvalue weighted by atomic mass is 10.1. The normalized spacial score (nSPS) is 11.4. The number of anilines is 1. The van der Waals surface area contributed by atoms with Gasteiger partial charge in [-0.05, 0) is 42.5 Å². The monoisotopic (exact) mass is 524 g/mol. The van der Waals surface area contributed by atoms with Crippen LogP contribution in [0.2, 0.25) is 9.36 Å².